The lowest BCUT2D eigenvalue weighted by molar-refractivity contribution is 0.247. The van der Waals surface area contributed by atoms with Gasteiger partial charge in [0.15, 0.2) is 0 Å². The highest BCUT2D eigenvalue weighted by Gasteiger charge is 2.19. The summed E-state index contributed by atoms with van der Waals surface area (Å²) in [6.45, 7) is 1.75. The highest BCUT2D eigenvalue weighted by Crippen LogP contribution is 2.29. The lowest BCUT2D eigenvalue weighted by Gasteiger charge is -2.34. The van der Waals surface area contributed by atoms with E-state index in [1.54, 1.807) is 19.2 Å². The minimum Gasteiger partial charge on any atom is -0.497 e. The van der Waals surface area contributed by atoms with Gasteiger partial charge in [-0.05, 0) is 37.1 Å². The highest BCUT2D eigenvalue weighted by atomic mass is 32.2. The predicted octanol–water partition coefficient (Wildman–Crippen LogP) is 2.28. The molecule has 2 heterocycles. The molecule has 0 aliphatic carbocycles. The molecule has 176 valence electrons. The number of hydrogen-bond donors (Lipinski definition) is 3. The molecule has 0 radical (unpaired) electrons. The zero-order valence-corrected chi connectivity index (χ0v) is 19.2. The number of methoxy groups -OCH3 is 2. The fourth-order valence-electron chi connectivity index (χ4n) is 4.00. The average Bonchev–Trinajstić information content (AvgIpc) is 2.83. The Bertz CT molecular complexity index is 1190. The van der Waals surface area contributed by atoms with Gasteiger partial charge < -0.3 is 19.4 Å². The van der Waals surface area contributed by atoms with E-state index in [4.69, 9.17) is 14.0 Å². The molecule has 4 rings (SSSR count). The van der Waals surface area contributed by atoms with Crippen LogP contribution in [0.4, 0.5) is 5.69 Å². The molecule has 10 nitrogen and oxygen atoms in total. The molecule has 11 heteroatoms. The van der Waals surface area contributed by atoms with Crippen LogP contribution in [0.3, 0.4) is 0 Å². The summed E-state index contributed by atoms with van der Waals surface area (Å²) in [5.74, 6) is 1.44. The van der Waals surface area contributed by atoms with Crippen molar-refractivity contribution >= 4 is 28.0 Å². The van der Waals surface area contributed by atoms with Gasteiger partial charge in [0.2, 0.25) is 0 Å². The first-order chi connectivity index (χ1) is 16.0. The number of H-pyrrole nitrogens is 1. The molecular weight excluding hydrogens is 448 g/mol. The normalized spacial score (nSPS) is 15.5. The molecule has 0 spiro atoms. The third-order valence-corrected chi connectivity index (χ3v) is 6.05. The Morgan fingerprint density at radius 1 is 1.18 bits per heavy atom. The molecule has 1 fully saturated rings. The fourth-order valence-corrected chi connectivity index (χ4v) is 4.17. The zero-order chi connectivity index (χ0) is 23.4. The van der Waals surface area contributed by atoms with E-state index >= 15 is 0 Å². The molecule has 33 heavy (non-hydrogen) atoms. The van der Waals surface area contributed by atoms with E-state index in [2.05, 4.69) is 24.4 Å². The SMILES string of the molecule is COc1cc(OC)c2c(=O)[nH]c(-c3ccc(N4CCC(NCOS(=O)O)CC4)cc3)nc2c1. The summed E-state index contributed by atoms with van der Waals surface area (Å²) in [7, 11) is 3.06. The van der Waals surface area contributed by atoms with Crippen LogP contribution >= 0.6 is 0 Å². The fraction of sp³-hybridized carbons (Fsp3) is 0.364. The maximum absolute atomic E-state index is 12.7. The van der Waals surface area contributed by atoms with E-state index in [9.17, 15) is 9.00 Å². The number of fused-ring (bicyclic) bond motifs is 1. The van der Waals surface area contributed by atoms with Gasteiger partial charge in [-0.15, -0.1) is 0 Å². The van der Waals surface area contributed by atoms with Crippen molar-refractivity contribution in [3.63, 3.8) is 0 Å². The van der Waals surface area contributed by atoms with Crippen LogP contribution in [0.2, 0.25) is 0 Å². The van der Waals surface area contributed by atoms with Crippen LogP contribution in [0.25, 0.3) is 22.3 Å². The number of ether oxygens (including phenoxy) is 2. The van der Waals surface area contributed by atoms with E-state index in [0.717, 1.165) is 37.2 Å². The molecule has 3 N–H and O–H groups in total. The van der Waals surface area contributed by atoms with Gasteiger partial charge in [-0.25, -0.2) is 4.98 Å². The molecule has 0 bridgehead atoms. The molecule has 0 amide bonds. The maximum atomic E-state index is 12.7. The molecule has 1 saturated heterocycles. The second-order valence-electron chi connectivity index (χ2n) is 7.63. The van der Waals surface area contributed by atoms with Gasteiger partial charge in [0.05, 0.1) is 19.7 Å². The molecule has 2 aromatic carbocycles. The number of aromatic amines is 1. The number of benzene rings is 2. The first-order valence-corrected chi connectivity index (χ1v) is 11.5. The largest absolute Gasteiger partial charge is 0.497 e. The van der Waals surface area contributed by atoms with Crippen molar-refractivity contribution < 1.29 is 22.4 Å². The molecule has 1 unspecified atom stereocenters. The van der Waals surface area contributed by atoms with E-state index in [0.29, 0.717) is 28.2 Å². The van der Waals surface area contributed by atoms with Crippen LogP contribution in [0.1, 0.15) is 12.8 Å². The summed E-state index contributed by atoms with van der Waals surface area (Å²) < 4.78 is 34.5. The topological polar surface area (TPSA) is 126 Å². The van der Waals surface area contributed by atoms with E-state index in [1.807, 2.05) is 24.3 Å². The van der Waals surface area contributed by atoms with Gasteiger partial charge in [0.1, 0.15) is 29.4 Å². The smallest absolute Gasteiger partial charge is 0.303 e. The number of hydrogen-bond acceptors (Lipinski definition) is 8. The third-order valence-electron chi connectivity index (χ3n) is 5.73. The molecule has 1 aliphatic heterocycles. The highest BCUT2D eigenvalue weighted by molar-refractivity contribution is 7.74. The van der Waals surface area contributed by atoms with E-state index < -0.39 is 11.4 Å². The number of rotatable bonds is 8. The van der Waals surface area contributed by atoms with Crippen LogP contribution in [0.15, 0.2) is 41.2 Å². The maximum Gasteiger partial charge on any atom is 0.303 e. The molecule has 3 aromatic rings. The third kappa shape index (κ3) is 5.33. The summed E-state index contributed by atoms with van der Waals surface area (Å²) in [4.78, 5) is 22.5. The lowest BCUT2D eigenvalue weighted by Crippen LogP contribution is -2.43. The standard InChI is InChI=1S/C22H26N4O6S/c1-30-17-11-18-20(19(12-17)31-2)22(27)25-21(24-18)14-3-5-16(6-4-14)26-9-7-15(8-10-26)23-13-32-33(28)29/h3-6,11-12,15,23H,7-10,13H2,1-2H3,(H,28,29)(H,24,25,27). The van der Waals surface area contributed by atoms with Gasteiger partial charge in [-0.1, -0.05) is 0 Å². The van der Waals surface area contributed by atoms with Gasteiger partial charge in [-0.2, -0.15) is 4.21 Å². The number of aromatic nitrogens is 2. The van der Waals surface area contributed by atoms with Crippen molar-refractivity contribution in [1.29, 1.82) is 0 Å². The summed E-state index contributed by atoms with van der Waals surface area (Å²) in [6.07, 6.45) is 1.79. The second kappa shape index (κ2) is 10.3. The van der Waals surface area contributed by atoms with Crippen molar-refractivity contribution in [3.8, 4) is 22.9 Å². The number of nitrogens with zero attached hydrogens (tertiary/aromatic N) is 2. The van der Waals surface area contributed by atoms with Crippen molar-refractivity contribution in [1.82, 2.24) is 15.3 Å². The van der Waals surface area contributed by atoms with Crippen LogP contribution in [0, 0.1) is 0 Å². The minimum atomic E-state index is -2.25. The predicted molar refractivity (Wildman–Crippen MR) is 126 cm³/mol. The molecule has 1 aromatic heterocycles. The van der Waals surface area contributed by atoms with Gasteiger partial charge in [0, 0.05) is 42.5 Å². The van der Waals surface area contributed by atoms with Crippen LogP contribution in [0.5, 0.6) is 11.5 Å². The molecular formula is C22H26N4O6S. The van der Waals surface area contributed by atoms with Gasteiger partial charge in [-0.3, -0.25) is 18.8 Å². The molecule has 1 atom stereocenters. The number of piperidine rings is 1. The summed E-state index contributed by atoms with van der Waals surface area (Å²) in [6, 6.07) is 11.5. The first-order valence-electron chi connectivity index (χ1n) is 10.5. The van der Waals surface area contributed by atoms with Crippen molar-refractivity contribution in [2.45, 2.75) is 18.9 Å². The summed E-state index contributed by atoms with van der Waals surface area (Å²) in [5.41, 5.74) is 2.10. The Labute approximate surface area is 193 Å². The van der Waals surface area contributed by atoms with Crippen LogP contribution in [-0.4, -0.2) is 58.8 Å². The Balaban J connectivity index is 1.48. The lowest BCUT2D eigenvalue weighted by atomic mass is 10.0. The quantitative estimate of drug-likeness (QED) is 0.333. The Morgan fingerprint density at radius 2 is 1.91 bits per heavy atom. The van der Waals surface area contributed by atoms with Crippen molar-refractivity contribution in [2.24, 2.45) is 0 Å². The van der Waals surface area contributed by atoms with Crippen molar-refractivity contribution in [2.75, 3.05) is 38.9 Å². The molecule has 1 aliphatic rings. The second-order valence-corrected chi connectivity index (χ2v) is 8.30. The summed E-state index contributed by atoms with van der Waals surface area (Å²) in [5, 5.41) is 3.51. The minimum absolute atomic E-state index is 0.0528. The van der Waals surface area contributed by atoms with Crippen LogP contribution < -0.4 is 25.2 Å². The summed E-state index contributed by atoms with van der Waals surface area (Å²) >= 11 is -2.25. The monoisotopic (exact) mass is 474 g/mol. The van der Waals surface area contributed by atoms with E-state index in [1.165, 1.54) is 7.11 Å². The molecule has 0 saturated carbocycles. The number of anilines is 1. The Hall–Kier alpha value is -2.99. The van der Waals surface area contributed by atoms with Gasteiger partial charge in [0.25, 0.3) is 5.56 Å². The van der Waals surface area contributed by atoms with Crippen LogP contribution in [-0.2, 0) is 15.5 Å². The Kier molecular flexibility index (Phi) is 7.23. The Morgan fingerprint density at radius 3 is 2.55 bits per heavy atom. The van der Waals surface area contributed by atoms with E-state index in [-0.39, 0.29) is 18.3 Å². The number of nitrogens with one attached hydrogen (secondary N) is 2. The van der Waals surface area contributed by atoms with Crippen molar-refractivity contribution in [3.05, 3.63) is 46.8 Å². The van der Waals surface area contributed by atoms with Gasteiger partial charge >= 0.3 is 11.4 Å². The average molecular weight is 475 g/mol. The zero-order valence-electron chi connectivity index (χ0n) is 18.4. The first kappa shape index (κ1) is 23.2.